The van der Waals surface area contributed by atoms with Crippen molar-refractivity contribution >= 4 is 50.9 Å². The van der Waals surface area contributed by atoms with E-state index in [0.29, 0.717) is 21.8 Å². The molecule has 8 heteroatoms. The fourth-order valence-electron chi connectivity index (χ4n) is 3.15. The molecule has 2 amide bonds. The number of hydrogen-bond acceptors (Lipinski definition) is 6. The van der Waals surface area contributed by atoms with Gasteiger partial charge in [0, 0.05) is 4.47 Å². The number of hydrogen-bond donors (Lipinski definition) is 0. The Kier molecular flexibility index (Phi) is 6.96. The van der Waals surface area contributed by atoms with Gasteiger partial charge in [0.15, 0.2) is 11.5 Å². The first-order valence-electron chi connectivity index (χ1n) is 9.89. The lowest BCUT2D eigenvalue weighted by atomic mass is 10.1. The molecule has 1 aliphatic heterocycles. The minimum Gasteiger partial charge on any atom is -0.493 e. The molecular weight excluding hydrogens is 506 g/mol. The van der Waals surface area contributed by atoms with Crippen LogP contribution in [0.4, 0.5) is 4.79 Å². The number of carbonyl (C=O) groups excluding carboxylic acids is 3. The van der Waals surface area contributed by atoms with E-state index in [1.54, 1.807) is 48.5 Å². The van der Waals surface area contributed by atoms with Gasteiger partial charge in [-0.3, -0.25) is 14.5 Å². The van der Waals surface area contributed by atoms with E-state index in [2.05, 4.69) is 15.9 Å². The molecule has 4 rings (SSSR count). The summed E-state index contributed by atoms with van der Waals surface area (Å²) in [6, 6.07) is 21.0. The SMILES string of the molecule is COc1cc(/C=C2\SC(=O)N(Cc3ccc(Br)cc3)C2=O)ccc1OC(=O)c1ccccc1. The minimum absolute atomic E-state index is 0.201. The molecule has 0 aliphatic carbocycles. The van der Waals surface area contributed by atoms with Crippen LogP contribution in [0.25, 0.3) is 6.08 Å². The molecule has 166 valence electrons. The summed E-state index contributed by atoms with van der Waals surface area (Å²) in [5.74, 6) is -0.267. The lowest BCUT2D eigenvalue weighted by Gasteiger charge is -2.12. The van der Waals surface area contributed by atoms with E-state index in [1.807, 2.05) is 30.3 Å². The quantitative estimate of drug-likeness (QED) is 0.227. The summed E-state index contributed by atoms with van der Waals surface area (Å²) in [5, 5.41) is -0.324. The monoisotopic (exact) mass is 523 g/mol. The first-order chi connectivity index (χ1) is 15.9. The fourth-order valence-corrected chi connectivity index (χ4v) is 4.25. The maximum Gasteiger partial charge on any atom is 0.343 e. The third-order valence-corrected chi connectivity index (χ3v) is 6.26. The number of methoxy groups -OCH3 is 1. The van der Waals surface area contributed by atoms with Gasteiger partial charge in [-0.15, -0.1) is 0 Å². The van der Waals surface area contributed by atoms with Crippen LogP contribution in [0.3, 0.4) is 0 Å². The molecule has 0 unspecified atom stereocenters. The van der Waals surface area contributed by atoms with Gasteiger partial charge in [0.1, 0.15) is 0 Å². The van der Waals surface area contributed by atoms with Gasteiger partial charge in [0.05, 0.1) is 24.1 Å². The van der Waals surface area contributed by atoms with Gasteiger partial charge in [-0.1, -0.05) is 52.3 Å². The molecule has 1 heterocycles. The smallest absolute Gasteiger partial charge is 0.343 e. The van der Waals surface area contributed by atoms with E-state index in [1.165, 1.54) is 12.0 Å². The number of ether oxygens (including phenoxy) is 2. The molecule has 0 spiro atoms. The second-order valence-corrected chi connectivity index (χ2v) is 8.97. The van der Waals surface area contributed by atoms with E-state index in [9.17, 15) is 14.4 Å². The van der Waals surface area contributed by atoms with Gasteiger partial charge < -0.3 is 9.47 Å². The van der Waals surface area contributed by atoms with Gasteiger partial charge in [-0.05, 0) is 65.4 Å². The average Bonchev–Trinajstić information content (AvgIpc) is 3.09. The van der Waals surface area contributed by atoms with E-state index < -0.39 is 5.97 Å². The summed E-state index contributed by atoms with van der Waals surface area (Å²) in [6.07, 6.45) is 1.62. The molecule has 3 aromatic carbocycles. The number of carbonyl (C=O) groups is 3. The van der Waals surface area contributed by atoms with Crippen LogP contribution in [0.2, 0.25) is 0 Å². The lowest BCUT2D eigenvalue weighted by molar-refractivity contribution is -0.123. The van der Waals surface area contributed by atoms with Crippen molar-refractivity contribution in [2.75, 3.05) is 7.11 Å². The summed E-state index contributed by atoms with van der Waals surface area (Å²) in [7, 11) is 1.46. The normalized spacial score (nSPS) is 14.6. The van der Waals surface area contributed by atoms with Crippen molar-refractivity contribution in [2.24, 2.45) is 0 Å². The van der Waals surface area contributed by atoms with E-state index >= 15 is 0 Å². The number of esters is 1. The highest BCUT2D eigenvalue weighted by Gasteiger charge is 2.35. The van der Waals surface area contributed by atoms with Crippen LogP contribution in [-0.2, 0) is 11.3 Å². The Bertz CT molecular complexity index is 1240. The number of nitrogens with zero attached hydrogens (tertiary/aromatic N) is 1. The number of thioether (sulfide) groups is 1. The van der Waals surface area contributed by atoms with Crippen LogP contribution in [0.1, 0.15) is 21.5 Å². The number of benzene rings is 3. The Balaban J connectivity index is 1.51. The molecule has 0 atom stereocenters. The topological polar surface area (TPSA) is 72.9 Å². The molecule has 0 saturated carbocycles. The number of rotatable bonds is 6. The molecule has 0 bridgehead atoms. The van der Waals surface area contributed by atoms with Crippen molar-refractivity contribution in [3.05, 3.63) is 98.9 Å². The summed E-state index contributed by atoms with van der Waals surface area (Å²) < 4.78 is 11.7. The molecular formula is C25H18BrNO5S. The van der Waals surface area contributed by atoms with Crippen molar-refractivity contribution in [1.29, 1.82) is 0 Å². The van der Waals surface area contributed by atoms with Crippen LogP contribution in [-0.4, -0.2) is 29.1 Å². The fraction of sp³-hybridized carbons (Fsp3) is 0.0800. The van der Waals surface area contributed by atoms with Gasteiger partial charge >= 0.3 is 5.97 Å². The van der Waals surface area contributed by atoms with Crippen LogP contribution in [0.15, 0.2) is 82.2 Å². The zero-order chi connectivity index (χ0) is 23.4. The molecule has 0 aromatic heterocycles. The highest BCUT2D eigenvalue weighted by atomic mass is 79.9. The van der Waals surface area contributed by atoms with Gasteiger partial charge in [0.2, 0.25) is 0 Å². The van der Waals surface area contributed by atoms with Gasteiger partial charge in [-0.25, -0.2) is 4.79 Å². The van der Waals surface area contributed by atoms with E-state index in [0.717, 1.165) is 21.8 Å². The summed E-state index contributed by atoms with van der Waals surface area (Å²) in [4.78, 5) is 39.1. The lowest BCUT2D eigenvalue weighted by Crippen LogP contribution is -2.27. The van der Waals surface area contributed by atoms with Gasteiger partial charge in [-0.2, -0.15) is 0 Å². The Labute approximate surface area is 203 Å². The molecule has 33 heavy (non-hydrogen) atoms. The van der Waals surface area contributed by atoms with Crippen LogP contribution in [0, 0.1) is 0 Å². The van der Waals surface area contributed by atoms with Gasteiger partial charge in [0.25, 0.3) is 11.1 Å². The number of amides is 2. The number of imide groups is 1. The van der Waals surface area contributed by atoms with Crippen molar-refractivity contribution in [3.8, 4) is 11.5 Å². The molecule has 0 N–H and O–H groups in total. The van der Waals surface area contributed by atoms with E-state index in [-0.39, 0.29) is 23.4 Å². The zero-order valence-corrected chi connectivity index (χ0v) is 19.9. The second kappa shape index (κ2) is 10.1. The summed E-state index contributed by atoms with van der Waals surface area (Å²) >= 11 is 4.26. The van der Waals surface area contributed by atoms with Crippen molar-refractivity contribution in [3.63, 3.8) is 0 Å². The Hall–Kier alpha value is -3.36. The largest absolute Gasteiger partial charge is 0.493 e. The predicted octanol–water partition coefficient (Wildman–Crippen LogP) is 5.91. The highest BCUT2D eigenvalue weighted by Crippen LogP contribution is 2.35. The summed E-state index contributed by atoms with van der Waals surface area (Å²) in [6.45, 7) is 0.201. The Morgan fingerprint density at radius 2 is 1.73 bits per heavy atom. The van der Waals surface area contributed by atoms with Crippen molar-refractivity contribution < 1.29 is 23.9 Å². The molecule has 1 saturated heterocycles. The average molecular weight is 524 g/mol. The van der Waals surface area contributed by atoms with Crippen LogP contribution in [0.5, 0.6) is 11.5 Å². The Morgan fingerprint density at radius 3 is 2.42 bits per heavy atom. The first kappa shape index (κ1) is 22.8. The zero-order valence-electron chi connectivity index (χ0n) is 17.5. The highest BCUT2D eigenvalue weighted by molar-refractivity contribution is 9.10. The molecule has 1 aliphatic rings. The molecule has 3 aromatic rings. The maximum absolute atomic E-state index is 12.8. The van der Waals surface area contributed by atoms with Crippen LogP contribution >= 0.6 is 27.7 Å². The van der Waals surface area contributed by atoms with Crippen LogP contribution < -0.4 is 9.47 Å². The minimum atomic E-state index is -0.504. The molecule has 0 radical (unpaired) electrons. The summed E-state index contributed by atoms with van der Waals surface area (Å²) in [5.41, 5.74) is 1.91. The molecule has 6 nitrogen and oxygen atoms in total. The van der Waals surface area contributed by atoms with Crippen molar-refractivity contribution in [1.82, 2.24) is 4.90 Å². The standard InChI is InChI=1S/C25H18BrNO5S/c1-31-21-13-17(9-12-20(21)32-24(29)18-5-3-2-4-6-18)14-22-23(28)27(25(30)33-22)15-16-7-10-19(26)11-8-16/h2-14H,15H2,1H3/b22-14-. The number of halogens is 1. The molecule has 1 fully saturated rings. The maximum atomic E-state index is 12.8. The second-order valence-electron chi connectivity index (χ2n) is 7.06. The third-order valence-electron chi connectivity index (χ3n) is 4.83. The van der Waals surface area contributed by atoms with E-state index in [4.69, 9.17) is 9.47 Å². The van der Waals surface area contributed by atoms with Crippen molar-refractivity contribution in [2.45, 2.75) is 6.54 Å². The first-order valence-corrected chi connectivity index (χ1v) is 11.5. The Morgan fingerprint density at radius 1 is 1.00 bits per heavy atom. The predicted molar refractivity (Wildman–Crippen MR) is 130 cm³/mol. The third kappa shape index (κ3) is 5.35.